The molecule has 0 spiro atoms. The predicted octanol–water partition coefficient (Wildman–Crippen LogP) is 3.43. The van der Waals surface area contributed by atoms with Crippen LogP contribution in [0.1, 0.15) is 25.2 Å². The van der Waals surface area contributed by atoms with Crippen LogP contribution in [0.5, 0.6) is 5.75 Å². The van der Waals surface area contributed by atoms with Gasteiger partial charge in [-0.15, -0.1) is 0 Å². The van der Waals surface area contributed by atoms with E-state index in [1.165, 1.54) is 6.92 Å². The smallest absolute Gasteiger partial charge is 0.218 e. The van der Waals surface area contributed by atoms with E-state index in [0.717, 1.165) is 29.4 Å². The van der Waals surface area contributed by atoms with Gasteiger partial charge in [-0.05, 0) is 18.9 Å². The Hall–Kier alpha value is -1.90. The third-order valence-electron chi connectivity index (χ3n) is 3.70. The first kappa shape index (κ1) is 15.0. The van der Waals surface area contributed by atoms with Gasteiger partial charge in [0.1, 0.15) is 18.0 Å². The number of hydrogen-bond donors (Lipinski definition) is 1. The molecule has 0 aliphatic carbocycles. The second kappa shape index (κ2) is 5.71. The number of rotatable bonds is 3. The summed E-state index contributed by atoms with van der Waals surface area (Å²) in [6.07, 6.45) is 1.49. The summed E-state index contributed by atoms with van der Waals surface area (Å²) >= 11 is 12.4. The van der Waals surface area contributed by atoms with Gasteiger partial charge in [0.15, 0.2) is 6.61 Å². The van der Waals surface area contributed by atoms with E-state index in [1.54, 1.807) is 6.07 Å². The van der Waals surface area contributed by atoms with Crippen molar-refractivity contribution in [3.8, 4) is 11.8 Å². The van der Waals surface area contributed by atoms with E-state index >= 15 is 0 Å². The van der Waals surface area contributed by atoms with Crippen molar-refractivity contribution >= 4 is 40.0 Å². The van der Waals surface area contributed by atoms with Crippen LogP contribution in [-0.4, -0.2) is 17.1 Å². The summed E-state index contributed by atoms with van der Waals surface area (Å²) in [7, 11) is 0. The third kappa shape index (κ3) is 2.39. The number of ether oxygens (including phenoxy) is 1. The van der Waals surface area contributed by atoms with Crippen LogP contribution in [0.25, 0.3) is 10.9 Å². The number of nitriles is 1. The quantitative estimate of drug-likeness (QED) is 0.932. The van der Waals surface area contributed by atoms with Crippen molar-refractivity contribution < 1.29 is 9.53 Å². The average molecular weight is 338 g/mol. The number of halogens is 2. The van der Waals surface area contributed by atoms with Crippen LogP contribution in [0.3, 0.4) is 0 Å². The molecule has 0 radical (unpaired) electrons. The Kier molecular flexibility index (Phi) is 3.90. The Balaban J connectivity index is 2.21. The van der Waals surface area contributed by atoms with E-state index in [9.17, 15) is 4.79 Å². The van der Waals surface area contributed by atoms with Gasteiger partial charge in [-0.2, -0.15) is 5.26 Å². The molecule has 1 unspecified atom stereocenters. The summed E-state index contributed by atoms with van der Waals surface area (Å²) in [6.45, 7) is 1.40. The zero-order valence-electron chi connectivity index (χ0n) is 11.8. The molecule has 0 fully saturated rings. The number of amides is 1. The van der Waals surface area contributed by atoms with E-state index in [4.69, 9.17) is 33.2 Å². The Morgan fingerprint density at radius 2 is 2.32 bits per heavy atom. The summed E-state index contributed by atoms with van der Waals surface area (Å²) < 4.78 is 7.51. The topological polar surface area (TPSA) is 67.0 Å². The summed E-state index contributed by atoms with van der Waals surface area (Å²) in [4.78, 5) is 11.4. The van der Waals surface area contributed by atoms with E-state index in [2.05, 4.69) is 5.32 Å². The highest BCUT2D eigenvalue weighted by Crippen LogP contribution is 2.43. The molecule has 22 heavy (non-hydrogen) atoms. The van der Waals surface area contributed by atoms with Crippen LogP contribution in [-0.2, 0) is 11.2 Å². The van der Waals surface area contributed by atoms with E-state index in [1.807, 2.05) is 16.7 Å². The largest absolute Gasteiger partial charge is 0.476 e. The van der Waals surface area contributed by atoms with Crippen molar-refractivity contribution in [3.63, 3.8) is 0 Å². The lowest BCUT2D eigenvalue weighted by atomic mass is 10.2. The number of hydrogen-bond acceptors (Lipinski definition) is 3. The number of carbonyl (C=O) groups excluding carboxylic acids is 1. The lowest BCUT2D eigenvalue weighted by Gasteiger charge is -2.18. The van der Waals surface area contributed by atoms with E-state index < -0.39 is 0 Å². The minimum absolute atomic E-state index is 0.0849. The van der Waals surface area contributed by atoms with Gasteiger partial charge in [0.05, 0.1) is 15.6 Å². The number of aryl methyl sites for hydroxylation is 1. The average Bonchev–Trinajstić information content (AvgIpc) is 3.01. The van der Waals surface area contributed by atoms with Crippen molar-refractivity contribution in [3.05, 3.63) is 27.9 Å². The molecule has 1 amide bonds. The summed E-state index contributed by atoms with van der Waals surface area (Å²) in [5.41, 5.74) is 1.82. The van der Waals surface area contributed by atoms with E-state index in [-0.39, 0.29) is 18.7 Å². The number of carbonyl (C=O) groups is 1. The fraction of sp³-hybridized carbons (Fsp3) is 0.333. The first-order valence-electron chi connectivity index (χ1n) is 6.81. The van der Waals surface area contributed by atoms with E-state index in [0.29, 0.717) is 15.8 Å². The summed E-state index contributed by atoms with van der Waals surface area (Å²) in [5.74, 6) is 0.397. The molecule has 0 saturated heterocycles. The normalized spacial score (nSPS) is 16.4. The van der Waals surface area contributed by atoms with Gasteiger partial charge < -0.3 is 14.6 Å². The third-order valence-corrected chi connectivity index (χ3v) is 4.50. The minimum atomic E-state index is -0.147. The maximum Gasteiger partial charge on any atom is 0.218 e. The molecule has 2 aromatic rings. The lowest BCUT2D eigenvalue weighted by molar-refractivity contribution is -0.120. The van der Waals surface area contributed by atoms with Crippen molar-refractivity contribution in [2.45, 2.75) is 25.9 Å². The number of nitrogens with zero attached hydrogens (tertiary/aromatic N) is 2. The zero-order chi connectivity index (χ0) is 15.9. The van der Waals surface area contributed by atoms with Gasteiger partial charge in [-0.25, -0.2) is 0 Å². The van der Waals surface area contributed by atoms with Gasteiger partial charge in [-0.1, -0.05) is 23.2 Å². The second-order valence-electron chi connectivity index (χ2n) is 5.14. The van der Waals surface area contributed by atoms with Crippen molar-refractivity contribution in [2.75, 3.05) is 6.61 Å². The molecular weight excluding hydrogens is 325 g/mol. The molecular formula is C15H13Cl2N3O2. The Morgan fingerprint density at radius 1 is 1.55 bits per heavy atom. The molecule has 114 valence electrons. The van der Waals surface area contributed by atoms with Gasteiger partial charge in [-0.3, -0.25) is 4.79 Å². The molecule has 0 saturated carbocycles. The SMILES string of the molecule is CC(=O)NC1CCc2cc3c(Cl)c(Cl)cc(OCC#N)c3n21. The molecule has 1 aromatic heterocycles. The molecule has 1 aliphatic rings. The number of fused-ring (bicyclic) bond motifs is 3. The van der Waals surface area contributed by atoms with Crippen LogP contribution < -0.4 is 10.1 Å². The molecule has 1 aliphatic heterocycles. The van der Waals surface area contributed by atoms with Crippen LogP contribution in [0, 0.1) is 11.3 Å². The second-order valence-corrected chi connectivity index (χ2v) is 5.93. The standard InChI is InChI=1S/C15H13Cl2N3O2/c1-8(21)19-13-3-2-9-6-10-14(17)11(16)7-12(22-5-4-18)15(10)20(9)13/h6-7,13H,2-3,5H2,1H3,(H,19,21). The molecule has 5 nitrogen and oxygen atoms in total. The fourth-order valence-electron chi connectivity index (χ4n) is 2.93. The van der Waals surface area contributed by atoms with Crippen molar-refractivity contribution in [2.24, 2.45) is 0 Å². The number of benzene rings is 1. The monoisotopic (exact) mass is 337 g/mol. The van der Waals surface area contributed by atoms with Crippen LogP contribution >= 0.6 is 23.2 Å². The Labute approximate surface area is 137 Å². The fourth-order valence-corrected chi connectivity index (χ4v) is 3.33. The maximum absolute atomic E-state index is 11.4. The van der Waals surface area contributed by atoms with Crippen LogP contribution in [0.2, 0.25) is 10.0 Å². The van der Waals surface area contributed by atoms with Gasteiger partial charge in [0.2, 0.25) is 5.91 Å². The Bertz CT molecular complexity index is 807. The zero-order valence-corrected chi connectivity index (χ0v) is 13.3. The molecule has 1 atom stereocenters. The first-order valence-corrected chi connectivity index (χ1v) is 7.57. The van der Waals surface area contributed by atoms with Gasteiger partial charge >= 0.3 is 0 Å². The highest BCUT2D eigenvalue weighted by Gasteiger charge is 2.28. The molecule has 3 rings (SSSR count). The minimum Gasteiger partial charge on any atom is -0.476 e. The van der Waals surface area contributed by atoms with Crippen LogP contribution in [0.15, 0.2) is 12.1 Å². The molecule has 1 N–H and O–H groups in total. The summed E-state index contributed by atoms with van der Waals surface area (Å²) in [6, 6.07) is 5.51. The molecule has 1 aromatic carbocycles. The first-order chi connectivity index (χ1) is 10.5. The maximum atomic E-state index is 11.4. The lowest BCUT2D eigenvalue weighted by Crippen LogP contribution is -2.28. The molecule has 7 heteroatoms. The van der Waals surface area contributed by atoms with Gasteiger partial charge in [0.25, 0.3) is 0 Å². The number of nitrogens with one attached hydrogen (secondary N) is 1. The highest BCUT2D eigenvalue weighted by molar-refractivity contribution is 6.45. The predicted molar refractivity (Wildman–Crippen MR) is 84.2 cm³/mol. The van der Waals surface area contributed by atoms with Crippen molar-refractivity contribution in [1.82, 2.24) is 9.88 Å². The summed E-state index contributed by atoms with van der Waals surface area (Å²) in [5, 5.41) is 13.3. The van der Waals surface area contributed by atoms with Crippen molar-refractivity contribution in [1.29, 1.82) is 5.26 Å². The molecule has 0 bridgehead atoms. The Morgan fingerprint density at radius 3 is 3.00 bits per heavy atom. The molecule has 2 heterocycles. The van der Waals surface area contributed by atoms with Crippen LogP contribution in [0.4, 0.5) is 0 Å². The van der Waals surface area contributed by atoms with Gasteiger partial charge in [0, 0.05) is 24.1 Å². The number of aromatic nitrogens is 1. The highest BCUT2D eigenvalue weighted by atomic mass is 35.5.